The van der Waals surface area contributed by atoms with Crippen molar-refractivity contribution in [2.24, 2.45) is 0 Å². The van der Waals surface area contributed by atoms with Gasteiger partial charge in [-0.05, 0) is 0 Å². The predicted octanol–water partition coefficient (Wildman–Crippen LogP) is 4.94. The van der Waals surface area contributed by atoms with E-state index in [1.54, 1.807) is 12.1 Å². The zero-order chi connectivity index (χ0) is 23.6. The fourth-order valence-corrected chi connectivity index (χ4v) is 5.26. The molecule has 0 radical (unpaired) electrons. The molecule has 3 aromatic rings. The van der Waals surface area contributed by atoms with Crippen LogP contribution in [0.25, 0.3) is 5.57 Å². The fourth-order valence-electron chi connectivity index (χ4n) is 4.00. The van der Waals surface area contributed by atoms with Gasteiger partial charge in [0, 0.05) is 0 Å². The summed E-state index contributed by atoms with van der Waals surface area (Å²) in [5.74, 6) is 2.43. The molecule has 0 fully saturated rings. The second kappa shape index (κ2) is 9.32. The Bertz CT molecular complexity index is 1300. The van der Waals surface area contributed by atoms with E-state index >= 15 is 0 Å². The Morgan fingerprint density at radius 3 is 2.52 bits per heavy atom. The number of aryl methyl sites for hydroxylation is 1. The number of hydrogen-bond donors (Lipinski definition) is 1. The topological polar surface area (TPSA) is 46.5 Å². The van der Waals surface area contributed by atoms with Crippen molar-refractivity contribution < 1.29 is 14.6 Å². The van der Waals surface area contributed by atoms with Crippen molar-refractivity contribution in [3.63, 3.8) is 0 Å². The van der Waals surface area contributed by atoms with Crippen molar-refractivity contribution in [3.8, 4) is 16.5 Å². The number of carbonyl (C=O) groups is 1. The summed E-state index contributed by atoms with van der Waals surface area (Å²) in [4.78, 5) is 14.9. The maximum atomic E-state index is 11.6. The summed E-state index contributed by atoms with van der Waals surface area (Å²) in [5.41, 5.74) is 7.36. The first-order valence-electron chi connectivity index (χ1n) is 10.8. The molecular weight excluding hydrogens is 475 g/mol. The molecule has 0 unspecified atom stereocenters. The van der Waals surface area contributed by atoms with E-state index in [0.717, 1.165) is 6.42 Å². The number of esters is 1. The number of carbonyl (C=O) groups excluding carboxylic acids is 1. The van der Waals surface area contributed by atoms with E-state index in [0.29, 0.717) is 5.56 Å². The zero-order valence-electron chi connectivity index (χ0n) is 19.2. The SMILES string of the molecule is COC(=O)c1ccc(C#C[Se]c2ccc3c(c2)C(C)(C)CC=C3c2ccc(C)cc2)cc1O. The van der Waals surface area contributed by atoms with Gasteiger partial charge >= 0.3 is 202 Å². The summed E-state index contributed by atoms with van der Waals surface area (Å²) in [5, 5.41) is 10.1. The number of aromatic hydroxyl groups is 1. The third kappa shape index (κ3) is 4.91. The Kier molecular flexibility index (Phi) is 6.47. The Balaban J connectivity index is 1.59. The summed E-state index contributed by atoms with van der Waals surface area (Å²) < 4.78 is 5.89. The van der Waals surface area contributed by atoms with Gasteiger partial charge in [0.2, 0.25) is 0 Å². The van der Waals surface area contributed by atoms with Gasteiger partial charge in [-0.3, -0.25) is 0 Å². The van der Waals surface area contributed by atoms with Crippen LogP contribution in [0.1, 0.15) is 58.4 Å². The van der Waals surface area contributed by atoms with Crippen molar-refractivity contribution >= 4 is 31.0 Å². The van der Waals surface area contributed by atoms with Gasteiger partial charge in [-0.2, -0.15) is 0 Å². The van der Waals surface area contributed by atoms with Crippen LogP contribution >= 0.6 is 0 Å². The van der Waals surface area contributed by atoms with Gasteiger partial charge in [-0.25, -0.2) is 0 Å². The zero-order valence-corrected chi connectivity index (χ0v) is 20.9. The van der Waals surface area contributed by atoms with Gasteiger partial charge in [0.1, 0.15) is 0 Å². The molecule has 0 saturated heterocycles. The van der Waals surface area contributed by atoms with Crippen LogP contribution in [0.2, 0.25) is 0 Å². The number of benzene rings is 3. The molecule has 33 heavy (non-hydrogen) atoms. The maximum absolute atomic E-state index is 11.6. The molecule has 0 amide bonds. The Hall–Kier alpha value is -3.25. The fraction of sp³-hybridized carbons (Fsp3) is 0.207. The van der Waals surface area contributed by atoms with E-state index in [2.05, 4.69) is 84.8 Å². The van der Waals surface area contributed by atoms with Crippen LogP contribution in [-0.4, -0.2) is 33.1 Å². The molecule has 0 aliphatic heterocycles. The second-order valence-corrected chi connectivity index (χ2v) is 10.7. The van der Waals surface area contributed by atoms with Gasteiger partial charge in [0.15, 0.2) is 0 Å². The minimum absolute atomic E-state index is 0.0348. The van der Waals surface area contributed by atoms with Gasteiger partial charge in [-0.1, -0.05) is 0 Å². The first-order valence-corrected chi connectivity index (χ1v) is 12.5. The molecule has 3 nitrogen and oxygen atoms in total. The number of phenols is 1. The molecular formula is C29H26O3Se. The number of ether oxygens (including phenoxy) is 1. The minimum atomic E-state index is -0.563. The molecule has 0 atom stereocenters. The number of hydrogen-bond acceptors (Lipinski definition) is 3. The van der Waals surface area contributed by atoms with Gasteiger partial charge in [0.05, 0.1) is 0 Å². The number of allylic oxidation sites excluding steroid dienone is 1. The molecule has 1 aliphatic rings. The first kappa shape index (κ1) is 22.9. The summed E-state index contributed by atoms with van der Waals surface area (Å²) in [6, 6.07) is 20.2. The molecule has 3 aromatic carbocycles. The van der Waals surface area contributed by atoms with Crippen LogP contribution in [0, 0.1) is 17.7 Å². The Morgan fingerprint density at radius 2 is 1.82 bits per heavy atom. The standard InChI is InChI=1S/C29H26O3Se/c1-19-5-8-21(9-6-19)23-13-15-29(2,3)26-18-22(10-12-24(23)26)33-16-14-20-7-11-25(27(30)17-20)28(31)32-4/h5-13,17-18,30H,15H2,1-4H3. The molecule has 1 N–H and O–H groups in total. The molecule has 1 aliphatic carbocycles. The number of rotatable bonds is 3. The van der Waals surface area contributed by atoms with E-state index in [-0.39, 0.29) is 31.7 Å². The quantitative estimate of drug-likeness (QED) is 0.314. The van der Waals surface area contributed by atoms with Gasteiger partial charge < -0.3 is 0 Å². The first-order chi connectivity index (χ1) is 15.8. The summed E-state index contributed by atoms with van der Waals surface area (Å²) >= 11 is -0.0348. The van der Waals surface area contributed by atoms with Crippen molar-refractivity contribution in [1.82, 2.24) is 0 Å². The monoisotopic (exact) mass is 502 g/mol. The number of fused-ring (bicyclic) bond motifs is 1. The number of phenolic OH excluding ortho intramolecular Hbond substituents is 1. The van der Waals surface area contributed by atoms with Crippen molar-refractivity contribution in [2.45, 2.75) is 32.6 Å². The molecule has 0 spiro atoms. The van der Waals surface area contributed by atoms with Crippen LogP contribution in [0.15, 0.2) is 66.7 Å². The Morgan fingerprint density at radius 1 is 1.06 bits per heavy atom. The van der Waals surface area contributed by atoms with Gasteiger partial charge in [0.25, 0.3) is 0 Å². The van der Waals surface area contributed by atoms with Crippen molar-refractivity contribution in [3.05, 3.63) is 100 Å². The molecule has 4 heteroatoms. The van der Waals surface area contributed by atoms with Crippen LogP contribution in [0.5, 0.6) is 5.75 Å². The average Bonchev–Trinajstić information content (AvgIpc) is 2.80. The molecule has 0 heterocycles. The van der Waals surface area contributed by atoms with E-state index in [9.17, 15) is 9.90 Å². The van der Waals surface area contributed by atoms with Crippen LogP contribution in [-0.2, 0) is 10.2 Å². The summed E-state index contributed by atoms with van der Waals surface area (Å²) in [6.45, 7) is 6.70. The van der Waals surface area contributed by atoms with Crippen molar-refractivity contribution in [1.29, 1.82) is 0 Å². The third-order valence-corrected chi connectivity index (χ3v) is 7.41. The third-order valence-electron chi connectivity index (χ3n) is 5.96. The second-order valence-electron chi connectivity index (χ2n) is 8.83. The van der Waals surface area contributed by atoms with Crippen LogP contribution in [0.3, 0.4) is 0 Å². The molecule has 4 rings (SSSR count). The number of methoxy groups -OCH3 is 1. The van der Waals surface area contributed by atoms with E-state index in [4.69, 9.17) is 0 Å². The molecule has 166 valence electrons. The molecule has 0 bridgehead atoms. The predicted molar refractivity (Wildman–Crippen MR) is 134 cm³/mol. The molecule has 0 saturated carbocycles. The van der Waals surface area contributed by atoms with Gasteiger partial charge in [-0.15, -0.1) is 0 Å². The van der Waals surface area contributed by atoms with Crippen LogP contribution in [0.4, 0.5) is 0 Å². The summed E-state index contributed by atoms with van der Waals surface area (Å²) in [7, 11) is 1.29. The van der Waals surface area contributed by atoms with Crippen molar-refractivity contribution in [2.75, 3.05) is 7.11 Å². The molecule has 0 aromatic heterocycles. The van der Waals surface area contributed by atoms with E-state index < -0.39 is 5.97 Å². The van der Waals surface area contributed by atoms with E-state index in [1.807, 2.05) is 0 Å². The summed E-state index contributed by atoms with van der Waals surface area (Å²) in [6.07, 6.45) is 3.36. The van der Waals surface area contributed by atoms with Crippen LogP contribution < -0.4 is 4.46 Å². The average molecular weight is 501 g/mol. The Labute approximate surface area is 201 Å². The normalized spacial score (nSPS) is 13.9. The van der Waals surface area contributed by atoms with E-state index in [1.165, 1.54) is 45.5 Å².